The number of benzene rings is 2. The lowest BCUT2D eigenvalue weighted by Gasteiger charge is -2.22. The van der Waals surface area contributed by atoms with E-state index in [1.54, 1.807) is 31.2 Å². The minimum absolute atomic E-state index is 0.0784. The number of amides is 2. The van der Waals surface area contributed by atoms with Crippen LogP contribution in [0.2, 0.25) is 5.02 Å². The van der Waals surface area contributed by atoms with Crippen LogP contribution in [-0.2, 0) is 19.4 Å². The van der Waals surface area contributed by atoms with E-state index in [1.165, 1.54) is 30.8 Å². The van der Waals surface area contributed by atoms with Gasteiger partial charge in [0.15, 0.2) is 9.84 Å². The van der Waals surface area contributed by atoms with E-state index < -0.39 is 21.0 Å². The molecule has 0 radical (unpaired) electrons. The van der Waals surface area contributed by atoms with Crippen molar-refractivity contribution < 1.29 is 18.0 Å². The first kappa shape index (κ1) is 21.7. The summed E-state index contributed by atoms with van der Waals surface area (Å²) in [6.45, 7) is 5.09. The number of carbonyl (C=O) groups excluding carboxylic acids is 2. The fourth-order valence-corrected chi connectivity index (χ4v) is 5.47. The van der Waals surface area contributed by atoms with E-state index in [4.69, 9.17) is 11.6 Å². The van der Waals surface area contributed by atoms with E-state index in [0.29, 0.717) is 16.4 Å². The Hall–Kier alpha value is -2.03. The number of hydrogen-bond donors (Lipinski definition) is 2. The molecule has 2 N–H and O–H groups in total. The molecular formula is C20H21ClN2O4S2. The van der Waals surface area contributed by atoms with Crippen molar-refractivity contribution >= 4 is 56.4 Å². The monoisotopic (exact) mass is 452 g/mol. The van der Waals surface area contributed by atoms with Gasteiger partial charge in [-0.1, -0.05) is 11.6 Å². The quantitative estimate of drug-likeness (QED) is 0.706. The molecule has 29 heavy (non-hydrogen) atoms. The highest BCUT2D eigenvalue weighted by Gasteiger charge is 2.29. The summed E-state index contributed by atoms with van der Waals surface area (Å²) in [6.07, 6.45) is -0.195. The van der Waals surface area contributed by atoms with E-state index in [-0.39, 0.29) is 22.5 Å². The van der Waals surface area contributed by atoms with Gasteiger partial charge in [-0.2, -0.15) is 0 Å². The molecule has 0 saturated carbocycles. The lowest BCUT2D eigenvalue weighted by atomic mass is 10.2. The normalized spacial score (nSPS) is 17.2. The third-order valence-electron chi connectivity index (χ3n) is 4.68. The van der Waals surface area contributed by atoms with E-state index >= 15 is 0 Å². The predicted molar refractivity (Wildman–Crippen MR) is 116 cm³/mol. The van der Waals surface area contributed by atoms with E-state index in [0.717, 1.165) is 10.5 Å². The maximum Gasteiger partial charge on any atom is 0.237 e. The highest BCUT2D eigenvalue weighted by molar-refractivity contribution is 8.01. The molecule has 0 bridgehead atoms. The molecule has 1 heterocycles. The minimum atomic E-state index is -3.75. The Kier molecular flexibility index (Phi) is 6.26. The Labute approximate surface area is 179 Å². The number of thioether (sulfide) groups is 1. The molecule has 3 rings (SSSR count). The summed E-state index contributed by atoms with van der Waals surface area (Å²) in [5, 5.41) is 4.86. The standard InChI is InChI=1S/C20H21ClN2O4S2/c1-11-8-14(21)4-6-16(11)22-19(24)9-12(2)29(26,27)15-5-7-18-17(10-15)23-20(25)13(3)28-18/h4-8,10,12-13H,9H2,1-3H3,(H,22,24)(H,23,25)/t12-,13+/m1/s1. The summed E-state index contributed by atoms with van der Waals surface area (Å²) in [7, 11) is -3.75. The topological polar surface area (TPSA) is 92.3 Å². The lowest BCUT2D eigenvalue weighted by molar-refractivity contribution is -0.116. The average molecular weight is 453 g/mol. The smallest absolute Gasteiger partial charge is 0.237 e. The highest BCUT2D eigenvalue weighted by Crippen LogP contribution is 2.37. The van der Waals surface area contributed by atoms with Crippen LogP contribution in [0.1, 0.15) is 25.8 Å². The SMILES string of the molecule is Cc1cc(Cl)ccc1NC(=O)C[C@@H](C)S(=O)(=O)c1ccc2c(c1)NC(=O)[C@H](C)S2. The molecule has 0 saturated heterocycles. The van der Waals surface area contributed by atoms with Gasteiger partial charge in [0.05, 0.1) is 21.1 Å². The molecule has 9 heteroatoms. The molecule has 0 spiro atoms. The molecule has 1 aliphatic heterocycles. The largest absolute Gasteiger partial charge is 0.326 e. The molecule has 154 valence electrons. The number of carbonyl (C=O) groups is 2. The maximum absolute atomic E-state index is 12.9. The number of hydrogen-bond acceptors (Lipinski definition) is 5. The Morgan fingerprint density at radius 1 is 1.28 bits per heavy atom. The zero-order valence-corrected chi connectivity index (χ0v) is 18.5. The number of halogens is 1. The van der Waals surface area contributed by atoms with Crippen molar-refractivity contribution in [3.8, 4) is 0 Å². The fraction of sp³-hybridized carbons (Fsp3) is 0.300. The van der Waals surface area contributed by atoms with Crippen molar-refractivity contribution in [2.45, 2.75) is 47.5 Å². The van der Waals surface area contributed by atoms with Crippen LogP contribution in [0.3, 0.4) is 0 Å². The fourth-order valence-electron chi connectivity index (χ4n) is 2.94. The van der Waals surface area contributed by atoms with Crippen molar-refractivity contribution in [3.05, 3.63) is 47.0 Å². The molecule has 0 unspecified atom stereocenters. The number of nitrogens with one attached hydrogen (secondary N) is 2. The van der Waals surface area contributed by atoms with Crippen LogP contribution in [0, 0.1) is 6.92 Å². The highest BCUT2D eigenvalue weighted by atomic mass is 35.5. The Morgan fingerprint density at radius 2 is 2.00 bits per heavy atom. The van der Waals surface area contributed by atoms with Gasteiger partial charge < -0.3 is 10.6 Å². The molecule has 0 aliphatic carbocycles. The number of sulfone groups is 1. The van der Waals surface area contributed by atoms with Crippen LogP contribution in [-0.4, -0.2) is 30.7 Å². The maximum atomic E-state index is 12.9. The second-order valence-electron chi connectivity index (χ2n) is 6.97. The van der Waals surface area contributed by atoms with Crippen LogP contribution in [0.25, 0.3) is 0 Å². The van der Waals surface area contributed by atoms with Crippen molar-refractivity contribution in [2.75, 3.05) is 10.6 Å². The lowest BCUT2D eigenvalue weighted by Crippen LogP contribution is -2.27. The van der Waals surface area contributed by atoms with Gasteiger partial charge in [-0.3, -0.25) is 9.59 Å². The minimum Gasteiger partial charge on any atom is -0.326 e. The van der Waals surface area contributed by atoms with E-state index in [9.17, 15) is 18.0 Å². The summed E-state index contributed by atoms with van der Waals surface area (Å²) in [5.41, 5.74) is 1.86. The molecule has 2 aromatic carbocycles. The van der Waals surface area contributed by atoms with Gasteiger partial charge in [-0.05, 0) is 62.7 Å². The number of rotatable bonds is 5. The van der Waals surface area contributed by atoms with Crippen LogP contribution < -0.4 is 10.6 Å². The zero-order valence-electron chi connectivity index (χ0n) is 16.2. The average Bonchev–Trinajstić information content (AvgIpc) is 2.64. The number of fused-ring (bicyclic) bond motifs is 1. The predicted octanol–water partition coefficient (Wildman–Crippen LogP) is 4.27. The van der Waals surface area contributed by atoms with Gasteiger partial charge in [0, 0.05) is 22.0 Å². The van der Waals surface area contributed by atoms with Crippen molar-refractivity contribution in [2.24, 2.45) is 0 Å². The zero-order chi connectivity index (χ0) is 21.3. The Morgan fingerprint density at radius 3 is 2.69 bits per heavy atom. The summed E-state index contributed by atoms with van der Waals surface area (Å²) >= 11 is 7.29. The van der Waals surface area contributed by atoms with Crippen LogP contribution in [0.15, 0.2) is 46.2 Å². The number of aryl methyl sites for hydroxylation is 1. The first-order valence-corrected chi connectivity index (χ1v) is 11.8. The molecule has 6 nitrogen and oxygen atoms in total. The first-order valence-electron chi connectivity index (χ1n) is 8.99. The van der Waals surface area contributed by atoms with Crippen LogP contribution in [0.5, 0.6) is 0 Å². The van der Waals surface area contributed by atoms with E-state index in [2.05, 4.69) is 10.6 Å². The molecule has 2 aromatic rings. The molecule has 2 amide bonds. The first-order chi connectivity index (χ1) is 13.6. The summed E-state index contributed by atoms with van der Waals surface area (Å²) in [4.78, 5) is 25.2. The second kappa shape index (κ2) is 8.38. The van der Waals surface area contributed by atoms with E-state index in [1.807, 2.05) is 6.92 Å². The summed E-state index contributed by atoms with van der Waals surface area (Å²) in [5.74, 6) is -0.565. The molecule has 2 atom stereocenters. The van der Waals surface area contributed by atoms with Gasteiger partial charge >= 0.3 is 0 Å². The molecule has 0 fully saturated rings. The Balaban J connectivity index is 1.74. The Bertz CT molecular complexity index is 1090. The van der Waals surface area contributed by atoms with Gasteiger partial charge in [-0.15, -0.1) is 11.8 Å². The van der Waals surface area contributed by atoms with Crippen LogP contribution >= 0.6 is 23.4 Å². The van der Waals surface area contributed by atoms with Crippen LogP contribution in [0.4, 0.5) is 11.4 Å². The van der Waals surface area contributed by atoms with Gasteiger partial charge in [0.25, 0.3) is 0 Å². The summed E-state index contributed by atoms with van der Waals surface area (Å²) in [6, 6.07) is 9.72. The number of anilines is 2. The third kappa shape index (κ3) is 4.76. The van der Waals surface area contributed by atoms with Crippen molar-refractivity contribution in [3.63, 3.8) is 0 Å². The van der Waals surface area contributed by atoms with Crippen molar-refractivity contribution in [1.82, 2.24) is 0 Å². The van der Waals surface area contributed by atoms with Gasteiger partial charge in [0.1, 0.15) is 0 Å². The second-order valence-corrected chi connectivity index (χ2v) is 11.2. The summed E-state index contributed by atoms with van der Waals surface area (Å²) < 4.78 is 25.9. The molecule has 1 aliphatic rings. The molecular weight excluding hydrogens is 432 g/mol. The van der Waals surface area contributed by atoms with Crippen molar-refractivity contribution in [1.29, 1.82) is 0 Å². The van der Waals surface area contributed by atoms with Gasteiger partial charge in [-0.25, -0.2) is 8.42 Å². The van der Waals surface area contributed by atoms with Gasteiger partial charge in [0.2, 0.25) is 11.8 Å². The molecule has 0 aromatic heterocycles. The third-order valence-corrected chi connectivity index (χ3v) is 8.23.